The van der Waals surface area contributed by atoms with Crippen molar-refractivity contribution >= 4 is 11.9 Å². The van der Waals surface area contributed by atoms with Crippen molar-refractivity contribution in [2.45, 2.75) is 31.4 Å². The molecule has 0 aromatic heterocycles. The number of carboxylic acid groups (broad SMARTS) is 1. The second-order valence-corrected chi connectivity index (χ2v) is 3.86. The summed E-state index contributed by atoms with van der Waals surface area (Å²) >= 11 is 0. The molecule has 1 aliphatic carbocycles. The van der Waals surface area contributed by atoms with Gasteiger partial charge in [0.2, 0.25) is 5.91 Å². The Morgan fingerprint density at radius 1 is 1.47 bits per heavy atom. The Labute approximate surface area is 87.5 Å². The van der Waals surface area contributed by atoms with Crippen LogP contribution in [0.1, 0.15) is 19.3 Å². The molecule has 15 heavy (non-hydrogen) atoms. The molecule has 2 atom stereocenters. The van der Waals surface area contributed by atoms with Crippen molar-refractivity contribution in [1.82, 2.24) is 5.32 Å². The van der Waals surface area contributed by atoms with Crippen molar-refractivity contribution in [3.05, 3.63) is 0 Å². The van der Waals surface area contributed by atoms with Crippen LogP contribution in [0.25, 0.3) is 0 Å². The third-order valence-electron chi connectivity index (χ3n) is 2.43. The predicted molar refractivity (Wildman–Crippen MR) is 52.0 cm³/mol. The number of nitrogens with two attached hydrogens (primary N) is 1. The Bertz CT molecular complexity index is 252. The van der Waals surface area contributed by atoms with Gasteiger partial charge in [0.05, 0.1) is 6.54 Å². The largest absolute Gasteiger partial charge is 0.479 e. The standard InChI is InChI=1S/C9H16N2O4/c10-6(5-1-2-5)3-8(13)11-4-7(12)9(14)15/h5-7,12H,1-4,10H2,(H,11,13)(H,14,15)/t6?,7-/m0/s1. The molecule has 0 aliphatic heterocycles. The maximum absolute atomic E-state index is 11.2. The lowest BCUT2D eigenvalue weighted by atomic mass is 10.1. The van der Waals surface area contributed by atoms with E-state index in [-0.39, 0.29) is 24.9 Å². The van der Waals surface area contributed by atoms with Crippen LogP contribution in [-0.2, 0) is 9.59 Å². The molecule has 6 nitrogen and oxygen atoms in total. The molecule has 0 heterocycles. The molecular weight excluding hydrogens is 200 g/mol. The number of hydrogen-bond acceptors (Lipinski definition) is 4. The maximum atomic E-state index is 11.2. The third kappa shape index (κ3) is 4.26. The first kappa shape index (κ1) is 11.9. The van der Waals surface area contributed by atoms with Gasteiger partial charge in [0, 0.05) is 12.5 Å². The van der Waals surface area contributed by atoms with Gasteiger partial charge in [-0.15, -0.1) is 0 Å². The zero-order chi connectivity index (χ0) is 11.4. The average Bonchev–Trinajstić information content (AvgIpc) is 2.96. The molecular formula is C9H16N2O4. The lowest BCUT2D eigenvalue weighted by Gasteiger charge is -2.11. The lowest BCUT2D eigenvalue weighted by molar-refractivity contribution is -0.146. The molecule has 0 saturated heterocycles. The van der Waals surface area contributed by atoms with Crippen LogP contribution in [0.3, 0.4) is 0 Å². The number of carbonyl (C=O) groups excluding carboxylic acids is 1. The van der Waals surface area contributed by atoms with Gasteiger partial charge in [0.1, 0.15) is 0 Å². The summed E-state index contributed by atoms with van der Waals surface area (Å²) < 4.78 is 0. The summed E-state index contributed by atoms with van der Waals surface area (Å²) in [6.07, 6.45) is 0.765. The van der Waals surface area contributed by atoms with E-state index in [9.17, 15) is 9.59 Å². The van der Waals surface area contributed by atoms with Crippen molar-refractivity contribution in [3.8, 4) is 0 Å². The van der Waals surface area contributed by atoms with Crippen molar-refractivity contribution in [1.29, 1.82) is 0 Å². The molecule has 6 heteroatoms. The van der Waals surface area contributed by atoms with E-state index in [4.69, 9.17) is 15.9 Å². The van der Waals surface area contributed by atoms with Crippen LogP contribution >= 0.6 is 0 Å². The second-order valence-electron chi connectivity index (χ2n) is 3.86. The minimum absolute atomic E-state index is 0.146. The first-order valence-corrected chi connectivity index (χ1v) is 4.94. The average molecular weight is 216 g/mol. The normalized spacial score (nSPS) is 19.3. The smallest absolute Gasteiger partial charge is 0.334 e. The Morgan fingerprint density at radius 2 is 2.07 bits per heavy atom. The highest BCUT2D eigenvalue weighted by molar-refractivity contribution is 5.78. The molecule has 1 amide bonds. The number of hydrogen-bond donors (Lipinski definition) is 4. The van der Waals surface area contributed by atoms with Gasteiger partial charge in [-0.05, 0) is 18.8 Å². The number of nitrogens with one attached hydrogen (secondary N) is 1. The van der Waals surface area contributed by atoms with Gasteiger partial charge in [0.15, 0.2) is 6.10 Å². The Kier molecular flexibility index (Phi) is 4.05. The van der Waals surface area contributed by atoms with Gasteiger partial charge in [-0.3, -0.25) is 4.79 Å². The highest BCUT2D eigenvalue weighted by Crippen LogP contribution is 2.32. The summed E-state index contributed by atoms with van der Waals surface area (Å²) in [6.45, 7) is -0.272. The van der Waals surface area contributed by atoms with Crippen LogP contribution in [0.2, 0.25) is 0 Å². The first-order chi connectivity index (χ1) is 7.00. The van der Waals surface area contributed by atoms with Crippen LogP contribution < -0.4 is 11.1 Å². The van der Waals surface area contributed by atoms with E-state index in [2.05, 4.69) is 5.32 Å². The molecule has 1 saturated carbocycles. The number of rotatable bonds is 6. The van der Waals surface area contributed by atoms with Crippen LogP contribution in [0.15, 0.2) is 0 Å². The maximum Gasteiger partial charge on any atom is 0.334 e. The second kappa shape index (κ2) is 5.09. The van der Waals surface area contributed by atoms with E-state index in [0.29, 0.717) is 5.92 Å². The van der Waals surface area contributed by atoms with Crippen LogP contribution in [0.5, 0.6) is 0 Å². The minimum Gasteiger partial charge on any atom is -0.479 e. The van der Waals surface area contributed by atoms with Crippen molar-refractivity contribution in [3.63, 3.8) is 0 Å². The zero-order valence-electron chi connectivity index (χ0n) is 8.35. The number of carbonyl (C=O) groups is 2. The number of amides is 1. The molecule has 0 bridgehead atoms. The summed E-state index contributed by atoms with van der Waals surface area (Å²) in [5.41, 5.74) is 5.71. The topological polar surface area (TPSA) is 113 Å². The van der Waals surface area contributed by atoms with E-state index in [1.807, 2.05) is 0 Å². The molecule has 1 aliphatic rings. The van der Waals surface area contributed by atoms with Crippen molar-refractivity contribution in [2.75, 3.05) is 6.54 Å². The summed E-state index contributed by atoms with van der Waals surface area (Å²) in [4.78, 5) is 21.4. The third-order valence-corrected chi connectivity index (χ3v) is 2.43. The molecule has 5 N–H and O–H groups in total. The molecule has 0 spiro atoms. The van der Waals surface area contributed by atoms with Crippen LogP contribution in [0, 0.1) is 5.92 Å². The van der Waals surface area contributed by atoms with E-state index >= 15 is 0 Å². The summed E-state index contributed by atoms with van der Waals surface area (Å²) in [6, 6.07) is -0.146. The van der Waals surface area contributed by atoms with Gasteiger partial charge in [-0.25, -0.2) is 4.79 Å². The molecule has 1 rings (SSSR count). The van der Waals surface area contributed by atoms with Crippen LogP contribution in [-0.4, -0.2) is 40.8 Å². The summed E-state index contributed by atoms with van der Waals surface area (Å²) in [7, 11) is 0. The molecule has 0 radical (unpaired) electrons. The zero-order valence-corrected chi connectivity index (χ0v) is 8.35. The Balaban J connectivity index is 2.15. The van der Waals surface area contributed by atoms with E-state index in [1.165, 1.54) is 0 Å². The SMILES string of the molecule is NC(CC(=O)NC[C@H](O)C(=O)O)C1CC1. The number of aliphatic hydroxyl groups is 1. The van der Waals surface area contributed by atoms with Gasteiger partial charge >= 0.3 is 5.97 Å². The fourth-order valence-corrected chi connectivity index (χ4v) is 1.28. The van der Waals surface area contributed by atoms with E-state index in [1.54, 1.807) is 0 Å². The molecule has 86 valence electrons. The summed E-state index contributed by atoms with van der Waals surface area (Å²) in [5.74, 6) is -1.23. The quantitative estimate of drug-likeness (QED) is 0.439. The van der Waals surface area contributed by atoms with E-state index in [0.717, 1.165) is 12.8 Å². The molecule has 0 aromatic rings. The number of carboxylic acids is 1. The van der Waals surface area contributed by atoms with Crippen LogP contribution in [0.4, 0.5) is 0 Å². The first-order valence-electron chi connectivity index (χ1n) is 4.94. The van der Waals surface area contributed by atoms with Gasteiger partial charge in [-0.1, -0.05) is 0 Å². The highest BCUT2D eigenvalue weighted by Gasteiger charge is 2.29. The minimum atomic E-state index is -1.55. The fraction of sp³-hybridized carbons (Fsp3) is 0.778. The Hall–Kier alpha value is -1.14. The number of aliphatic hydroxyl groups excluding tert-OH is 1. The van der Waals surface area contributed by atoms with Gasteiger partial charge in [0.25, 0.3) is 0 Å². The van der Waals surface area contributed by atoms with Crippen molar-refractivity contribution < 1.29 is 19.8 Å². The Morgan fingerprint density at radius 3 is 2.53 bits per heavy atom. The highest BCUT2D eigenvalue weighted by atomic mass is 16.4. The van der Waals surface area contributed by atoms with E-state index < -0.39 is 12.1 Å². The number of aliphatic carboxylic acids is 1. The monoisotopic (exact) mass is 216 g/mol. The predicted octanol–water partition coefficient (Wildman–Crippen LogP) is -1.32. The van der Waals surface area contributed by atoms with Gasteiger partial charge in [-0.2, -0.15) is 0 Å². The molecule has 0 aromatic carbocycles. The lowest BCUT2D eigenvalue weighted by Crippen LogP contribution is -2.39. The molecule has 1 fully saturated rings. The summed E-state index contributed by atoms with van der Waals surface area (Å²) in [5, 5.41) is 19.6. The van der Waals surface area contributed by atoms with Crippen molar-refractivity contribution in [2.24, 2.45) is 11.7 Å². The molecule has 1 unspecified atom stereocenters. The van der Waals surface area contributed by atoms with Gasteiger partial charge < -0.3 is 21.3 Å². The fourth-order valence-electron chi connectivity index (χ4n) is 1.28.